The molecule has 0 aliphatic carbocycles. The molecule has 2 nitrogen and oxygen atoms in total. The zero-order valence-corrected chi connectivity index (χ0v) is 12.3. The molecule has 1 unspecified atom stereocenters. The Morgan fingerprint density at radius 2 is 1.84 bits per heavy atom. The monoisotopic (exact) mass is 274 g/mol. The Hall–Kier alpha value is -1.38. The number of likely N-dealkylation sites (N-methyl/N-ethyl adjacent to an activating group) is 1. The third kappa shape index (κ3) is 3.34. The smallest absolute Gasteiger partial charge is 0.0589 e. The number of nitrogens with one attached hydrogen (secondary N) is 1. The Morgan fingerprint density at radius 1 is 1.16 bits per heavy atom. The molecular weight excluding hydrogens is 256 g/mol. The lowest BCUT2D eigenvalue weighted by molar-refractivity contribution is 0.573. The summed E-state index contributed by atoms with van der Waals surface area (Å²) in [7, 11) is 1.97. The Kier molecular flexibility index (Phi) is 4.56. The number of aryl methyl sites for hydroxylation is 2. The number of rotatable bonds is 4. The van der Waals surface area contributed by atoms with Crippen LogP contribution in [0.4, 0.5) is 0 Å². The molecule has 0 amide bonds. The zero-order chi connectivity index (χ0) is 13.8. The lowest BCUT2D eigenvalue weighted by atomic mass is 9.95. The number of halogens is 1. The van der Waals surface area contributed by atoms with Gasteiger partial charge < -0.3 is 5.32 Å². The summed E-state index contributed by atoms with van der Waals surface area (Å²) in [5.41, 5.74) is 5.07. The standard InChI is InChI=1S/C16H19ClN2/c1-11-5-4-6-12(2)14(11)9-16(18-3)15-8-7-13(17)10-19-15/h4-8,10,16,18H,9H2,1-3H3. The lowest BCUT2D eigenvalue weighted by Crippen LogP contribution is -2.20. The van der Waals surface area contributed by atoms with E-state index in [1.807, 2.05) is 19.2 Å². The van der Waals surface area contributed by atoms with Crippen molar-refractivity contribution in [2.45, 2.75) is 26.3 Å². The van der Waals surface area contributed by atoms with E-state index in [1.165, 1.54) is 16.7 Å². The third-order valence-electron chi connectivity index (χ3n) is 3.51. The van der Waals surface area contributed by atoms with E-state index in [-0.39, 0.29) is 6.04 Å². The maximum absolute atomic E-state index is 5.89. The largest absolute Gasteiger partial charge is 0.311 e. The Bertz CT molecular complexity index is 529. The van der Waals surface area contributed by atoms with Crippen LogP contribution < -0.4 is 5.32 Å². The quantitative estimate of drug-likeness (QED) is 0.916. The van der Waals surface area contributed by atoms with E-state index in [0.717, 1.165) is 12.1 Å². The van der Waals surface area contributed by atoms with Gasteiger partial charge in [0, 0.05) is 6.20 Å². The Morgan fingerprint density at radius 3 is 2.37 bits per heavy atom. The molecule has 19 heavy (non-hydrogen) atoms. The van der Waals surface area contributed by atoms with Crippen LogP contribution in [-0.4, -0.2) is 12.0 Å². The Balaban J connectivity index is 2.26. The van der Waals surface area contributed by atoms with Crippen molar-refractivity contribution in [3.63, 3.8) is 0 Å². The average Bonchev–Trinajstić information content (AvgIpc) is 2.40. The molecule has 1 heterocycles. The van der Waals surface area contributed by atoms with Crippen LogP contribution >= 0.6 is 11.6 Å². The number of pyridine rings is 1. The lowest BCUT2D eigenvalue weighted by Gasteiger charge is -2.18. The molecule has 0 radical (unpaired) electrons. The fraction of sp³-hybridized carbons (Fsp3) is 0.312. The van der Waals surface area contributed by atoms with Gasteiger partial charge in [0.2, 0.25) is 0 Å². The van der Waals surface area contributed by atoms with Crippen LogP contribution in [0.15, 0.2) is 36.5 Å². The van der Waals surface area contributed by atoms with E-state index in [0.29, 0.717) is 5.02 Å². The Labute approximate surface area is 119 Å². The molecule has 0 spiro atoms. The van der Waals surface area contributed by atoms with Crippen LogP contribution in [0, 0.1) is 13.8 Å². The van der Waals surface area contributed by atoms with Gasteiger partial charge in [0.1, 0.15) is 0 Å². The van der Waals surface area contributed by atoms with Crippen molar-refractivity contribution in [1.29, 1.82) is 0 Å². The number of hydrogen-bond acceptors (Lipinski definition) is 2. The molecule has 1 N–H and O–H groups in total. The normalized spacial score (nSPS) is 12.4. The van der Waals surface area contributed by atoms with Gasteiger partial charge in [0.25, 0.3) is 0 Å². The second-order valence-corrected chi connectivity index (χ2v) is 5.25. The molecule has 0 aliphatic heterocycles. The van der Waals surface area contributed by atoms with Crippen LogP contribution in [0.2, 0.25) is 5.02 Å². The summed E-state index contributed by atoms with van der Waals surface area (Å²) in [6.45, 7) is 4.31. The molecule has 0 saturated carbocycles. The van der Waals surface area contributed by atoms with Crippen molar-refractivity contribution < 1.29 is 0 Å². The summed E-state index contributed by atoms with van der Waals surface area (Å²) in [5, 5.41) is 4.01. The summed E-state index contributed by atoms with van der Waals surface area (Å²) in [6, 6.07) is 10.5. The molecule has 2 aromatic rings. The summed E-state index contributed by atoms with van der Waals surface area (Å²) in [6.07, 6.45) is 2.63. The highest BCUT2D eigenvalue weighted by Crippen LogP contribution is 2.22. The molecular formula is C16H19ClN2. The van der Waals surface area contributed by atoms with Gasteiger partial charge in [-0.3, -0.25) is 4.98 Å². The molecule has 0 bridgehead atoms. The van der Waals surface area contributed by atoms with Gasteiger partial charge in [0.05, 0.1) is 16.8 Å². The van der Waals surface area contributed by atoms with Gasteiger partial charge in [-0.2, -0.15) is 0 Å². The molecule has 1 aromatic heterocycles. The topological polar surface area (TPSA) is 24.9 Å². The van der Waals surface area contributed by atoms with E-state index >= 15 is 0 Å². The molecule has 0 fully saturated rings. The van der Waals surface area contributed by atoms with Crippen molar-refractivity contribution in [1.82, 2.24) is 10.3 Å². The molecule has 0 saturated heterocycles. The molecule has 3 heteroatoms. The first-order valence-corrected chi connectivity index (χ1v) is 6.83. The van der Waals surface area contributed by atoms with Crippen LogP contribution in [0.25, 0.3) is 0 Å². The van der Waals surface area contributed by atoms with Crippen LogP contribution in [0.3, 0.4) is 0 Å². The van der Waals surface area contributed by atoms with Crippen molar-refractivity contribution in [2.24, 2.45) is 0 Å². The van der Waals surface area contributed by atoms with Crippen molar-refractivity contribution in [2.75, 3.05) is 7.05 Å². The minimum Gasteiger partial charge on any atom is -0.311 e. The number of hydrogen-bond donors (Lipinski definition) is 1. The second kappa shape index (κ2) is 6.18. The summed E-state index contributed by atoms with van der Waals surface area (Å²) >= 11 is 5.89. The highest BCUT2D eigenvalue weighted by atomic mass is 35.5. The number of benzene rings is 1. The van der Waals surface area contributed by atoms with Crippen molar-refractivity contribution >= 4 is 11.6 Å². The molecule has 1 aromatic carbocycles. The van der Waals surface area contributed by atoms with Gasteiger partial charge >= 0.3 is 0 Å². The van der Waals surface area contributed by atoms with Gasteiger partial charge in [-0.05, 0) is 56.1 Å². The van der Waals surface area contributed by atoms with E-state index in [9.17, 15) is 0 Å². The SMILES string of the molecule is CNC(Cc1c(C)cccc1C)c1ccc(Cl)cn1. The van der Waals surface area contributed by atoms with Crippen LogP contribution in [-0.2, 0) is 6.42 Å². The van der Waals surface area contributed by atoms with Gasteiger partial charge in [0.15, 0.2) is 0 Å². The van der Waals surface area contributed by atoms with Crippen molar-refractivity contribution in [3.8, 4) is 0 Å². The molecule has 2 rings (SSSR count). The number of aromatic nitrogens is 1. The summed E-state index contributed by atoms with van der Waals surface area (Å²) in [4.78, 5) is 4.41. The highest BCUT2D eigenvalue weighted by molar-refractivity contribution is 6.30. The predicted molar refractivity (Wildman–Crippen MR) is 80.7 cm³/mol. The summed E-state index contributed by atoms with van der Waals surface area (Å²) in [5.74, 6) is 0. The minimum atomic E-state index is 0.206. The highest BCUT2D eigenvalue weighted by Gasteiger charge is 2.14. The number of nitrogens with zero attached hydrogens (tertiary/aromatic N) is 1. The van der Waals surface area contributed by atoms with Crippen molar-refractivity contribution in [3.05, 3.63) is 63.9 Å². The minimum absolute atomic E-state index is 0.206. The van der Waals surface area contributed by atoms with E-state index in [2.05, 4.69) is 42.3 Å². The average molecular weight is 275 g/mol. The van der Waals surface area contributed by atoms with Crippen LogP contribution in [0.5, 0.6) is 0 Å². The first-order valence-electron chi connectivity index (χ1n) is 6.45. The molecule has 1 atom stereocenters. The van der Waals surface area contributed by atoms with Crippen LogP contribution in [0.1, 0.15) is 28.4 Å². The maximum atomic E-state index is 5.89. The first-order chi connectivity index (χ1) is 9.11. The molecule has 100 valence electrons. The first kappa shape index (κ1) is 14.0. The van der Waals surface area contributed by atoms with E-state index in [1.54, 1.807) is 6.20 Å². The zero-order valence-electron chi connectivity index (χ0n) is 11.6. The second-order valence-electron chi connectivity index (χ2n) is 4.82. The van der Waals surface area contributed by atoms with Gasteiger partial charge in [-0.25, -0.2) is 0 Å². The van der Waals surface area contributed by atoms with E-state index < -0.39 is 0 Å². The predicted octanol–water partition coefficient (Wildman–Crippen LogP) is 3.86. The van der Waals surface area contributed by atoms with E-state index in [4.69, 9.17) is 11.6 Å². The summed E-state index contributed by atoms with van der Waals surface area (Å²) < 4.78 is 0. The fourth-order valence-electron chi connectivity index (χ4n) is 2.32. The van der Waals surface area contributed by atoms with Gasteiger partial charge in [-0.1, -0.05) is 29.8 Å². The maximum Gasteiger partial charge on any atom is 0.0589 e. The molecule has 0 aliphatic rings. The third-order valence-corrected chi connectivity index (χ3v) is 3.73. The van der Waals surface area contributed by atoms with Gasteiger partial charge in [-0.15, -0.1) is 0 Å². The fourth-order valence-corrected chi connectivity index (χ4v) is 2.43.